The summed E-state index contributed by atoms with van der Waals surface area (Å²) in [4.78, 5) is 12.5. The quantitative estimate of drug-likeness (QED) is 0.240. The van der Waals surface area contributed by atoms with Gasteiger partial charge in [-0.2, -0.15) is 4.63 Å². The molecule has 2 aromatic heterocycles. The smallest absolute Gasteiger partial charge is 0.211 e. The molecular formula is C34H47N7O3S. The van der Waals surface area contributed by atoms with Crippen molar-refractivity contribution >= 4 is 33.6 Å². The number of aliphatic hydroxyl groups excluding tert-OH is 1. The van der Waals surface area contributed by atoms with Gasteiger partial charge in [0.1, 0.15) is 5.36 Å². The number of rotatable bonds is 10. The van der Waals surface area contributed by atoms with Gasteiger partial charge in [0, 0.05) is 35.5 Å². The Hall–Kier alpha value is -3.54. The lowest BCUT2D eigenvalue weighted by Crippen LogP contribution is -2.49. The summed E-state index contributed by atoms with van der Waals surface area (Å²) in [5.41, 5.74) is 5.75. The molecule has 0 amide bonds. The van der Waals surface area contributed by atoms with Gasteiger partial charge >= 0.3 is 0 Å². The fourth-order valence-electron chi connectivity index (χ4n) is 6.54. The standard InChI is InChI=1S/C34H47N7O3S/c1-9-10-16-45(43,44)35-20-25(6)32-37-33-31(30(38-41(33)39-32)29-21(2)12-11-13-22(29)3)36-27-18-26-24(5)19-34(7,8)40(14-15-42)28(26)17-23(27)4/h11-13,17-18,24-25,35,38,42H,2,9-10,14-16,19-20H2,1,3-8H3/b30-29-,36-31?. The SMILES string of the molecule is C=c1cccc(C)/c1=c1\[nH]n2nc(C(C)CNS(=O)(=O)CCCC)nc2c1=Nc1cc2c(cc1C)N(CCO)C(C)(C)CC2C. The van der Waals surface area contributed by atoms with Gasteiger partial charge in [-0.3, -0.25) is 5.10 Å². The summed E-state index contributed by atoms with van der Waals surface area (Å²) in [5, 5.41) is 21.3. The van der Waals surface area contributed by atoms with Crippen molar-refractivity contribution in [1.29, 1.82) is 0 Å². The zero-order valence-electron chi connectivity index (χ0n) is 27.6. The largest absolute Gasteiger partial charge is 0.395 e. The molecule has 2 unspecified atom stereocenters. The molecule has 1 aliphatic heterocycles. The van der Waals surface area contributed by atoms with Crippen LogP contribution in [0.4, 0.5) is 11.4 Å². The normalized spacial score (nSPS) is 18.4. The van der Waals surface area contributed by atoms with E-state index >= 15 is 0 Å². The van der Waals surface area contributed by atoms with E-state index in [0.717, 1.165) is 51.1 Å². The molecule has 4 aromatic rings. The molecule has 242 valence electrons. The Morgan fingerprint density at radius 1 is 1.24 bits per heavy atom. The van der Waals surface area contributed by atoms with E-state index in [2.05, 4.69) is 61.1 Å². The number of fused-ring (bicyclic) bond motifs is 2. The lowest BCUT2D eigenvalue weighted by Gasteiger charge is -2.47. The molecule has 11 heteroatoms. The predicted molar refractivity (Wildman–Crippen MR) is 180 cm³/mol. The van der Waals surface area contributed by atoms with Crippen molar-refractivity contribution < 1.29 is 13.5 Å². The molecule has 10 nitrogen and oxygen atoms in total. The number of aryl methyl sites for hydroxylation is 2. The third-order valence-electron chi connectivity index (χ3n) is 8.97. The number of benzene rings is 2. The molecule has 0 spiro atoms. The number of aliphatic hydroxyl groups is 1. The summed E-state index contributed by atoms with van der Waals surface area (Å²) >= 11 is 0. The lowest BCUT2D eigenvalue weighted by molar-refractivity contribution is 0.277. The third-order valence-corrected chi connectivity index (χ3v) is 10.4. The minimum absolute atomic E-state index is 0.0750. The Morgan fingerprint density at radius 3 is 2.69 bits per heavy atom. The van der Waals surface area contributed by atoms with Crippen molar-refractivity contribution in [1.82, 2.24) is 24.5 Å². The van der Waals surface area contributed by atoms with E-state index in [9.17, 15) is 13.5 Å². The summed E-state index contributed by atoms with van der Waals surface area (Å²) in [6.07, 6.45) is 2.40. The topological polar surface area (TPSA) is 128 Å². The highest BCUT2D eigenvalue weighted by Crippen LogP contribution is 2.45. The number of unbranched alkanes of at least 4 members (excludes halogenated alkanes) is 1. The lowest BCUT2D eigenvalue weighted by atomic mass is 9.79. The van der Waals surface area contributed by atoms with E-state index in [-0.39, 0.29) is 30.4 Å². The first-order valence-electron chi connectivity index (χ1n) is 15.9. The van der Waals surface area contributed by atoms with Gasteiger partial charge in [-0.1, -0.05) is 52.0 Å². The average Bonchev–Trinajstić information content (AvgIpc) is 3.52. The van der Waals surface area contributed by atoms with E-state index < -0.39 is 10.0 Å². The Morgan fingerprint density at radius 2 is 2.00 bits per heavy atom. The molecule has 2 aromatic carbocycles. The molecule has 3 heterocycles. The number of aromatic nitrogens is 4. The Bertz CT molecular complexity index is 2030. The molecule has 2 atom stereocenters. The maximum absolute atomic E-state index is 12.4. The van der Waals surface area contributed by atoms with E-state index in [4.69, 9.17) is 15.1 Å². The van der Waals surface area contributed by atoms with Crippen LogP contribution in [-0.4, -0.2) is 64.3 Å². The van der Waals surface area contributed by atoms with Gasteiger partial charge in [0.05, 0.1) is 23.4 Å². The van der Waals surface area contributed by atoms with Crippen LogP contribution >= 0.6 is 0 Å². The van der Waals surface area contributed by atoms with Gasteiger partial charge < -0.3 is 10.0 Å². The van der Waals surface area contributed by atoms with E-state index in [1.54, 1.807) is 4.63 Å². The van der Waals surface area contributed by atoms with Crippen LogP contribution in [0.1, 0.15) is 88.2 Å². The number of β-amino-alcohol motifs (C(OH)–C–C–N with tert-alkyl or cyclic N) is 1. The molecule has 5 rings (SSSR count). The zero-order valence-corrected chi connectivity index (χ0v) is 28.4. The molecule has 0 saturated carbocycles. The molecule has 0 radical (unpaired) electrons. The molecule has 3 N–H and O–H groups in total. The highest BCUT2D eigenvalue weighted by molar-refractivity contribution is 7.89. The van der Waals surface area contributed by atoms with Crippen LogP contribution in [0, 0.1) is 24.4 Å². The molecule has 0 bridgehead atoms. The van der Waals surface area contributed by atoms with Gasteiger partial charge in [-0.25, -0.2) is 23.1 Å². The fourth-order valence-corrected chi connectivity index (χ4v) is 7.86. The Balaban J connectivity index is 1.69. The monoisotopic (exact) mass is 633 g/mol. The summed E-state index contributed by atoms with van der Waals surface area (Å²) in [6, 6.07) is 10.4. The highest BCUT2D eigenvalue weighted by atomic mass is 32.2. The van der Waals surface area contributed by atoms with E-state index in [1.165, 1.54) is 5.56 Å². The number of hydrogen-bond donors (Lipinski definition) is 3. The second-order valence-corrected chi connectivity index (χ2v) is 15.1. The molecule has 1 aliphatic rings. The van der Waals surface area contributed by atoms with Crippen LogP contribution in [0.15, 0.2) is 35.3 Å². The summed E-state index contributed by atoms with van der Waals surface area (Å²) in [5.74, 6) is 0.701. The average molecular weight is 634 g/mol. The number of nitrogens with one attached hydrogen (secondary N) is 2. The van der Waals surface area contributed by atoms with Crippen molar-refractivity contribution in [3.05, 3.63) is 74.0 Å². The minimum Gasteiger partial charge on any atom is -0.395 e. The summed E-state index contributed by atoms with van der Waals surface area (Å²) in [6.45, 7) is 19.9. The summed E-state index contributed by atoms with van der Waals surface area (Å²) < 4.78 is 29.2. The molecule has 0 fully saturated rings. The Labute approximate surface area is 265 Å². The van der Waals surface area contributed by atoms with E-state index in [1.807, 2.05) is 39.0 Å². The van der Waals surface area contributed by atoms with Gasteiger partial charge in [-0.05, 0) is 80.5 Å². The number of sulfonamides is 1. The van der Waals surface area contributed by atoms with Gasteiger partial charge in [-0.15, -0.1) is 5.10 Å². The zero-order chi connectivity index (χ0) is 32.7. The Kier molecular flexibility index (Phi) is 9.26. The van der Waals surface area contributed by atoms with E-state index in [0.29, 0.717) is 35.7 Å². The number of hydrogen-bond acceptors (Lipinski definition) is 7. The third kappa shape index (κ3) is 6.57. The van der Waals surface area contributed by atoms with Gasteiger partial charge in [0.25, 0.3) is 0 Å². The van der Waals surface area contributed by atoms with Crippen LogP contribution in [0.5, 0.6) is 0 Å². The van der Waals surface area contributed by atoms with Crippen LogP contribution in [0.25, 0.3) is 12.2 Å². The molecule has 0 aliphatic carbocycles. The van der Waals surface area contributed by atoms with Crippen molar-refractivity contribution in [3.63, 3.8) is 0 Å². The molecule has 45 heavy (non-hydrogen) atoms. The van der Waals surface area contributed by atoms with Crippen molar-refractivity contribution in [2.24, 2.45) is 4.99 Å². The summed E-state index contributed by atoms with van der Waals surface area (Å²) in [7, 11) is -3.36. The second kappa shape index (κ2) is 12.7. The van der Waals surface area contributed by atoms with Crippen LogP contribution in [0.3, 0.4) is 0 Å². The van der Waals surface area contributed by atoms with Crippen LogP contribution in [-0.2, 0) is 10.0 Å². The van der Waals surface area contributed by atoms with Crippen molar-refractivity contribution in [2.45, 2.75) is 85.1 Å². The first-order valence-corrected chi connectivity index (χ1v) is 17.5. The minimum atomic E-state index is -3.36. The van der Waals surface area contributed by atoms with Crippen LogP contribution < -0.4 is 20.2 Å². The second-order valence-electron chi connectivity index (χ2n) is 13.2. The van der Waals surface area contributed by atoms with Crippen molar-refractivity contribution in [2.75, 3.05) is 30.3 Å². The number of aromatic amines is 1. The van der Waals surface area contributed by atoms with Gasteiger partial charge in [0.15, 0.2) is 5.82 Å². The molecular weight excluding hydrogens is 586 g/mol. The maximum Gasteiger partial charge on any atom is 0.211 e. The fraction of sp³-hybridized carbons (Fsp3) is 0.500. The van der Waals surface area contributed by atoms with Gasteiger partial charge in [0.2, 0.25) is 15.7 Å². The number of anilines is 1. The van der Waals surface area contributed by atoms with Crippen molar-refractivity contribution in [3.8, 4) is 0 Å². The maximum atomic E-state index is 12.4. The first kappa shape index (κ1) is 32.8. The number of nitrogens with zero attached hydrogens (tertiary/aromatic N) is 5. The number of H-pyrrole nitrogens is 1. The van der Waals surface area contributed by atoms with Crippen LogP contribution in [0.2, 0.25) is 0 Å². The first-order chi connectivity index (χ1) is 21.3. The molecule has 0 saturated heterocycles. The highest BCUT2D eigenvalue weighted by Gasteiger charge is 2.36. The predicted octanol–water partition coefficient (Wildman–Crippen LogP) is 4.23.